The minimum absolute atomic E-state index is 0.114. The van der Waals surface area contributed by atoms with Crippen LogP contribution in [-0.2, 0) is 11.2 Å². The normalized spacial score (nSPS) is 14.4. The monoisotopic (exact) mass is 404 g/mol. The Hall–Kier alpha value is -2.44. The van der Waals surface area contributed by atoms with E-state index in [1.807, 2.05) is 30.9 Å². The van der Waals surface area contributed by atoms with Crippen molar-refractivity contribution in [1.82, 2.24) is 15.5 Å². The number of rotatable bonds is 10. The molecule has 0 spiro atoms. The number of methoxy groups -OCH3 is 1. The highest BCUT2D eigenvalue weighted by Crippen LogP contribution is 2.28. The van der Waals surface area contributed by atoms with E-state index < -0.39 is 0 Å². The highest BCUT2D eigenvalue weighted by Gasteiger charge is 2.15. The van der Waals surface area contributed by atoms with Gasteiger partial charge >= 0.3 is 0 Å². The molecule has 0 aromatic heterocycles. The minimum atomic E-state index is 0.114. The van der Waals surface area contributed by atoms with E-state index in [9.17, 15) is 4.79 Å². The third-order valence-corrected chi connectivity index (χ3v) is 4.89. The predicted molar refractivity (Wildman–Crippen MR) is 117 cm³/mol. The van der Waals surface area contributed by atoms with Gasteiger partial charge in [0.05, 0.1) is 13.7 Å². The Kier molecular flexibility index (Phi) is 10.2. The van der Waals surface area contributed by atoms with Crippen LogP contribution < -0.4 is 20.1 Å². The van der Waals surface area contributed by atoms with Gasteiger partial charge in [-0.15, -0.1) is 0 Å². The Morgan fingerprint density at radius 3 is 2.62 bits per heavy atom. The second kappa shape index (κ2) is 12.9. The summed E-state index contributed by atoms with van der Waals surface area (Å²) in [7, 11) is 1.65. The summed E-state index contributed by atoms with van der Waals surface area (Å²) in [6.45, 7) is 8.07. The molecule has 0 radical (unpaired) electrons. The van der Waals surface area contributed by atoms with Crippen LogP contribution in [0.25, 0.3) is 0 Å². The summed E-state index contributed by atoms with van der Waals surface area (Å²) in [5, 5.41) is 6.54. The molecule has 7 heteroatoms. The van der Waals surface area contributed by atoms with Crippen molar-refractivity contribution in [2.24, 2.45) is 4.99 Å². The molecular formula is C22H36N4O3. The molecule has 1 aliphatic rings. The molecule has 0 saturated carbocycles. The second-order valence-electron chi connectivity index (χ2n) is 7.09. The molecule has 1 aliphatic heterocycles. The number of likely N-dealkylation sites (tertiary alicyclic amines) is 1. The van der Waals surface area contributed by atoms with E-state index in [2.05, 4.69) is 21.7 Å². The van der Waals surface area contributed by atoms with Crippen molar-refractivity contribution in [3.63, 3.8) is 0 Å². The fraction of sp³-hybridized carbons (Fsp3) is 0.636. The number of ether oxygens (including phenoxy) is 2. The minimum Gasteiger partial charge on any atom is -0.493 e. The van der Waals surface area contributed by atoms with Crippen molar-refractivity contribution in [3.05, 3.63) is 23.8 Å². The standard InChI is InChI=1S/C22H36N4O3/c1-4-23-22(25-17-21(27)26-14-7-6-8-15-26)24-13-9-10-18-11-12-19(28-3)20(16-18)29-5-2/h11-12,16H,4-10,13-15,17H2,1-3H3,(H2,23,24,25). The van der Waals surface area contributed by atoms with Crippen molar-refractivity contribution < 1.29 is 14.3 Å². The van der Waals surface area contributed by atoms with E-state index >= 15 is 0 Å². The zero-order valence-electron chi connectivity index (χ0n) is 18.1. The Bertz CT molecular complexity index is 657. The van der Waals surface area contributed by atoms with Crippen LogP contribution in [-0.4, -0.2) is 63.2 Å². The van der Waals surface area contributed by atoms with Crippen molar-refractivity contribution in [2.75, 3.05) is 46.4 Å². The molecule has 7 nitrogen and oxygen atoms in total. The molecule has 1 amide bonds. The van der Waals surface area contributed by atoms with Gasteiger partial charge < -0.3 is 25.0 Å². The number of guanidine groups is 1. The summed E-state index contributed by atoms with van der Waals surface area (Å²) < 4.78 is 11.0. The van der Waals surface area contributed by atoms with Crippen molar-refractivity contribution in [2.45, 2.75) is 46.0 Å². The van der Waals surface area contributed by atoms with E-state index in [-0.39, 0.29) is 12.5 Å². The Labute approximate surface area is 174 Å². The van der Waals surface area contributed by atoms with Gasteiger partial charge in [-0.3, -0.25) is 4.79 Å². The van der Waals surface area contributed by atoms with Crippen LogP contribution in [0.5, 0.6) is 11.5 Å². The van der Waals surface area contributed by atoms with Crippen molar-refractivity contribution in [3.8, 4) is 11.5 Å². The molecule has 1 saturated heterocycles. The fourth-order valence-corrected chi connectivity index (χ4v) is 3.38. The van der Waals surface area contributed by atoms with Crippen LogP contribution in [0.1, 0.15) is 45.1 Å². The van der Waals surface area contributed by atoms with Gasteiger partial charge in [0.1, 0.15) is 6.54 Å². The molecule has 2 rings (SSSR count). The molecule has 1 heterocycles. The molecule has 162 valence electrons. The number of nitrogens with one attached hydrogen (secondary N) is 2. The number of amides is 1. The van der Waals surface area contributed by atoms with Gasteiger partial charge in [0.2, 0.25) is 5.91 Å². The highest BCUT2D eigenvalue weighted by molar-refractivity contribution is 5.85. The van der Waals surface area contributed by atoms with Crippen LogP contribution in [0.4, 0.5) is 0 Å². The summed E-state index contributed by atoms with van der Waals surface area (Å²) in [4.78, 5) is 18.7. The number of hydrogen-bond acceptors (Lipinski definition) is 4. The molecule has 1 aromatic rings. The molecule has 2 N–H and O–H groups in total. The topological polar surface area (TPSA) is 75.2 Å². The van der Waals surface area contributed by atoms with E-state index in [0.29, 0.717) is 12.6 Å². The van der Waals surface area contributed by atoms with Gasteiger partial charge in [-0.2, -0.15) is 0 Å². The lowest BCUT2D eigenvalue weighted by Crippen LogP contribution is -2.40. The Morgan fingerprint density at radius 2 is 1.93 bits per heavy atom. The van der Waals surface area contributed by atoms with Crippen LogP contribution in [0, 0.1) is 0 Å². The first-order valence-corrected chi connectivity index (χ1v) is 10.8. The molecule has 1 fully saturated rings. The van der Waals surface area contributed by atoms with E-state index in [1.165, 1.54) is 12.0 Å². The summed E-state index contributed by atoms with van der Waals surface area (Å²) >= 11 is 0. The van der Waals surface area contributed by atoms with E-state index in [0.717, 1.165) is 63.4 Å². The van der Waals surface area contributed by atoms with Crippen LogP contribution in [0.2, 0.25) is 0 Å². The number of benzene rings is 1. The Morgan fingerprint density at radius 1 is 1.14 bits per heavy atom. The van der Waals surface area contributed by atoms with Gasteiger partial charge in [-0.05, 0) is 63.6 Å². The van der Waals surface area contributed by atoms with Crippen LogP contribution in [0.15, 0.2) is 23.2 Å². The van der Waals surface area contributed by atoms with Gasteiger partial charge in [-0.1, -0.05) is 6.07 Å². The average Bonchev–Trinajstić information content (AvgIpc) is 2.75. The van der Waals surface area contributed by atoms with Gasteiger partial charge in [0.25, 0.3) is 0 Å². The lowest BCUT2D eigenvalue weighted by atomic mass is 10.1. The van der Waals surface area contributed by atoms with Crippen molar-refractivity contribution in [1.29, 1.82) is 0 Å². The average molecular weight is 405 g/mol. The van der Waals surface area contributed by atoms with Gasteiger partial charge in [0.15, 0.2) is 17.5 Å². The SMILES string of the molecule is CCNC(=NCC(=O)N1CCCCC1)NCCCc1ccc(OC)c(OCC)c1. The number of carbonyl (C=O) groups excluding carboxylic acids is 1. The van der Waals surface area contributed by atoms with Gasteiger partial charge in [0, 0.05) is 26.2 Å². The first-order chi connectivity index (χ1) is 14.2. The predicted octanol–water partition coefficient (Wildman–Crippen LogP) is 2.59. The molecule has 29 heavy (non-hydrogen) atoms. The largest absolute Gasteiger partial charge is 0.493 e. The summed E-state index contributed by atoms with van der Waals surface area (Å²) in [6.07, 6.45) is 5.29. The Balaban J connectivity index is 1.79. The zero-order chi connectivity index (χ0) is 20.9. The molecule has 0 unspecified atom stereocenters. The first-order valence-electron chi connectivity index (χ1n) is 10.8. The van der Waals surface area contributed by atoms with E-state index in [4.69, 9.17) is 9.47 Å². The van der Waals surface area contributed by atoms with Crippen LogP contribution in [0.3, 0.4) is 0 Å². The summed E-state index contributed by atoms with van der Waals surface area (Å²) in [6, 6.07) is 6.06. The molecule has 0 aliphatic carbocycles. The lowest BCUT2D eigenvalue weighted by Gasteiger charge is -2.26. The number of nitrogens with zero attached hydrogens (tertiary/aromatic N) is 2. The highest BCUT2D eigenvalue weighted by atomic mass is 16.5. The number of hydrogen-bond donors (Lipinski definition) is 2. The number of carbonyl (C=O) groups is 1. The quantitative estimate of drug-likeness (QED) is 0.356. The maximum atomic E-state index is 12.3. The number of aryl methyl sites for hydroxylation is 1. The lowest BCUT2D eigenvalue weighted by molar-refractivity contribution is -0.130. The summed E-state index contributed by atoms with van der Waals surface area (Å²) in [5.41, 5.74) is 1.21. The summed E-state index contributed by atoms with van der Waals surface area (Å²) in [5.74, 6) is 2.35. The molecular weight excluding hydrogens is 368 g/mol. The van der Waals surface area contributed by atoms with E-state index in [1.54, 1.807) is 7.11 Å². The maximum absolute atomic E-state index is 12.3. The maximum Gasteiger partial charge on any atom is 0.244 e. The third-order valence-electron chi connectivity index (χ3n) is 4.89. The molecule has 0 bridgehead atoms. The smallest absolute Gasteiger partial charge is 0.244 e. The molecule has 1 aromatic carbocycles. The molecule has 0 atom stereocenters. The van der Waals surface area contributed by atoms with Gasteiger partial charge in [-0.25, -0.2) is 4.99 Å². The van der Waals surface area contributed by atoms with Crippen molar-refractivity contribution >= 4 is 11.9 Å². The fourth-order valence-electron chi connectivity index (χ4n) is 3.38. The van der Waals surface area contributed by atoms with Crippen LogP contribution >= 0.6 is 0 Å². The second-order valence-corrected chi connectivity index (χ2v) is 7.09. The number of piperidine rings is 1. The first kappa shape index (κ1) is 22.8. The zero-order valence-corrected chi connectivity index (χ0v) is 18.1. The number of aliphatic imine (C=N–C) groups is 1. The third kappa shape index (κ3) is 7.83.